The maximum atomic E-state index is 10.5. The summed E-state index contributed by atoms with van der Waals surface area (Å²) in [6.07, 6.45) is 17.2. The molecule has 0 aromatic carbocycles. The third-order valence-corrected chi connectivity index (χ3v) is 11.1. The summed E-state index contributed by atoms with van der Waals surface area (Å²) < 4.78 is 0. The zero-order valence-corrected chi connectivity index (χ0v) is 20.9. The highest BCUT2D eigenvalue weighted by atomic mass is 16.3. The minimum Gasteiger partial charge on any atom is -0.393 e. The number of aliphatic hydroxyl groups is 1. The number of allylic oxidation sites excluding steroid dienone is 2. The molecule has 172 valence electrons. The van der Waals surface area contributed by atoms with Crippen molar-refractivity contribution < 1.29 is 5.11 Å². The third kappa shape index (κ3) is 3.64. The van der Waals surface area contributed by atoms with E-state index in [9.17, 15) is 5.11 Å². The van der Waals surface area contributed by atoms with Crippen LogP contribution in [-0.2, 0) is 0 Å². The topological polar surface area (TPSA) is 20.2 Å². The van der Waals surface area contributed by atoms with Crippen LogP contribution < -0.4 is 0 Å². The molecule has 1 nitrogen and oxygen atoms in total. The van der Waals surface area contributed by atoms with Gasteiger partial charge in [-0.1, -0.05) is 78.9 Å². The Morgan fingerprint density at radius 2 is 1.80 bits per heavy atom. The molecule has 0 aromatic rings. The lowest BCUT2D eigenvalue weighted by Gasteiger charge is -2.60. The van der Waals surface area contributed by atoms with Crippen molar-refractivity contribution in [2.75, 3.05) is 0 Å². The minimum absolute atomic E-state index is 0.0561. The fourth-order valence-electron chi connectivity index (χ4n) is 9.37. The van der Waals surface area contributed by atoms with Crippen molar-refractivity contribution in [2.24, 2.45) is 52.3 Å². The van der Waals surface area contributed by atoms with Crippen LogP contribution in [0.2, 0.25) is 0 Å². The Bertz CT molecular complexity index is 634. The van der Waals surface area contributed by atoms with E-state index >= 15 is 0 Å². The Hall–Kier alpha value is -0.300. The second-order valence-electron chi connectivity index (χ2n) is 12.9. The number of hydrogen-bond acceptors (Lipinski definition) is 1. The molecule has 0 aliphatic heterocycles. The van der Waals surface area contributed by atoms with E-state index in [0.29, 0.717) is 22.7 Å². The minimum atomic E-state index is -0.0561. The van der Waals surface area contributed by atoms with Crippen LogP contribution in [-0.4, -0.2) is 11.2 Å². The lowest BCUT2D eigenvalue weighted by molar-refractivity contribution is -0.0863. The fourth-order valence-corrected chi connectivity index (χ4v) is 9.37. The first-order valence-corrected chi connectivity index (χ1v) is 13.6. The maximum Gasteiger partial charge on any atom is 0.0546 e. The number of hydrogen-bond donors (Lipinski definition) is 1. The summed E-state index contributed by atoms with van der Waals surface area (Å²) in [6.45, 7) is 15.0. The third-order valence-electron chi connectivity index (χ3n) is 11.1. The van der Waals surface area contributed by atoms with Crippen LogP contribution in [0.15, 0.2) is 11.6 Å². The predicted octanol–water partition coefficient (Wildman–Crippen LogP) is 8.02. The molecule has 1 unspecified atom stereocenters. The molecule has 4 aliphatic rings. The molecule has 0 bridgehead atoms. The Morgan fingerprint density at radius 1 is 1.03 bits per heavy atom. The van der Waals surface area contributed by atoms with Crippen molar-refractivity contribution in [2.45, 2.75) is 118 Å². The molecular weight excluding hydrogens is 364 g/mol. The van der Waals surface area contributed by atoms with E-state index in [1.165, 1.54) is 57.8 Å². The molecule has 9 atom stereocenters. The van der Waals surface area contributed by atoms with Crippen molar-refractivity contribution in [3.05, 3.63) is 11.6 Å². The van der Waals surface area contributed by atoms with Crippen LogP contribution in [0.4, 0.5) is 0 Å². The standard InChI is InChI=1S/C29H50O/c1-7-21-17-23(30)18-22-11-12-24-26-14-13-25(20(4)10-8-9-19(2)3)28(26,5)16-15-27(24)29(21,22)6/h12,19-23,25-27,30H,7-11,13-18H2,1-6H3/t20-,21?,22+,23+,25-,26+,27+,28-,29+/m1/s1. The Labute approximate surface area is 187 Å². The average Bonchev–Trinajstić information content (AvgIpc) is 3.05. The van der Waals surface area contributed by atoms with Crippen LogP contribution in [0.3, 0.4) is 0 Å². The molecule has 0 aromatic heterocycles. The molecule has 3 fully saturated rings. The highest BCUT2D eigenvalue weighted by Crippen LogP contribution is 2.68. The van der Waals surface area contributed by atoms with Gasteiger partial charge in [-0.25, -0.2) is 0 Å². The van der Waals surface area contributed by atoms with Gasteiger partial charge in [0.15, 0.2) is 0 Å². The molecule has 1 N–H and O–H groups in total. The molecule has 4 rings (SSSR count). The second-order valence-corrected chi connectivity index (χ2v) is 12.9. The predicted molar refractivity (Wildman–Crippen MR) is 128 cm³/mol. The zero-order chi connectivity index (χ0) is 21.7. The SMILES string of the molecule is CCC1C[C@H](O)C[C@@H]2CC=C3[C@@H]4CC[C@H]([C@H](C)CCCC(C)C)[C@@]4(C)CC[C@@H]3[C@@]12C. The Balaban J connectivity index is 1.54. The zero-order valence-electron chi connectivity index (χ0n) is 20.9. The lowest BCUT2D eigenvalue weighted by atomic mass is 9.45. The summed E-state index contributed by atoms with van der Waals surface area (Å²) in [5.74, 6) is 5.71. The van der Waals surface area contributed by atoms with E-state index in [2.05, 4.69) is 47.6 Å². The molecule has 0 spiro atoms. The number of rotatable bonds is 6. The van der Waals surface area contributed by atoms with Crippen LogP contribution in [0.25, 0.3) is 0 Å². The molecule has 0 heterocycles. The van der Waals surface area contributed by atoms with Gasteiger partial charge in [-0.15, -0.1) is 0 Å². The molecule has 3 saturated carbocycles. The van der Waals surface area contributed by atoms with Gasteiger partial charge in [-0.2, -0.15) is 0 Å². The van der Waals surface area contributed by atoms with Gasteiger partial charge >= 0.3 is 0 Å². The summed E-state index contributed by atoms with van der Waals surface area (Å²) in [4.78, 5) is 0. The highest BCUT2D eigenvalue weighted by molar-refractivity contribution is 5.28. The quantitative estimate of drug-likeness (QED) is 0.436. The van der Waals surface area contributed by atoms with Crippen LogP contribution in [0.5, 0.6) is 0 Å². The highest BCUT2D eigenvalue weighted by Gasteiger charge is 2.59. The van der Waals surface area contributed by atoms with Gasteiger partial charge < -0.3 is 5.11 Å². The molecular formula is C29H50O. The summed E-state index contributed by atoms with van der Waals surface area (Å²) in [6, 6.07) is 0. The first-order chi connectivity index (χ1) is 14.2. The molecule has 30 heavy (non-hydrogen) atoms. The molecule has 0 amide bonds. The second kappa shape index (κ2) is 8.57. The lowest BCUT2D eigenvalue weighted by Crippen LogP contribution is -2.53. The van der Waals surface area contributed by atoms with Gasteiger partial charge in [0.05, 0.1) is 6.10 Å². The summed E-state index contributed by atoms with van der Waals surface area (Å²) in [7, 11) is 0. The first-order valence-electron chi connectivity index (χ1n) is 13.6. The van der Waals surface area contributed by atoms with Gasteiger partial charge in [0.2, 0.25) is 0 Å². The smallest absolute Gasteiger partial charge is 0.0546 e. The van der Waals surface area contributed by atoms with Gasteiger partial charge in [0.25, 0.3) is 0 Å². The maximum absolute atomic E-state index is 10.5. The fraction of sp³-hybridized carbons (Fsp3) is 0.931. The van der Waals surface area contributed by atoms with Crippen molar-refractivity contribution >= 4 is 0 Å². The van der Waals surface area contributed by atoms with E-state index in [4.69, 9.17) is 0 Å². The van der Waals surface area contributed by atoms with Gasteiger partial charge in [-0.05, 0) is 97.2 Å². The Morgan fingerprint density at radius 3 is 2.50 bits per heavy atom. The number of aliphatic hydroxyl groups excluding tert-OH is 1. The molecule has 0 saturated heterocycles. The van der Waals surface area contributed by atoms with E-state index in [-0.39, 0.29) is 6.10 Å². The summed E-state index contributed by atoms with van der Waals surface area (Å²) in [5.41, 5.74) is 2.85. The van der Waals surface area contributed by atoms with Gasteiger partial charge in [0.1, 0.15) is 0 Å². The van der Waals surface area contributed by atoms with Crippen molar-refractivity contribution in [3.63, 3.8) is 0 Å². The van der Waals surface area contributed by atoms with Crippen LogP contribution in [0.1, 0.15) is 112 Å². The van der Waals surface area contributed by atoms with Crippen molar-refractivity contribution in [1.82, 2.24) is 0 Å². The van der Waals surface area contributed by atoms with Crippen LogP contribution in [0, 0.1) is 52.3 Å². The van der Waals surface area contributed by atoms with Crippen molar-refractivity contribution in [1.29, 1.82) is 0 Å². The largest absolute Gasteiger partial charge is 0.393 e. The van der Waals surface area contributed by atoms with E-state index in [0.717, 1.165) is 42.4 Å². The Kier molecular flexibility index (Phi) is 6.53. The first kappa shape index (κ1) is 22.9. The average molecular weight is 415 g/mol. The monoisotopic (exact) mass is 414 g/mol. The normalized spacial score (nSPS) is 46.7. The van der Waals surface area contributed by atoms with Crippen molar-refractivity contribution in [3.8, 4) is 0 Å². The molecule has 0 radical (unpaired) electrons. The molecule has 4 aliphatic carbocycles. The van der Waals surface area contributed by atoms with Gasteiger partial charge in [0, 0.05) is 0 Å². The van der Waals surface area contributed by atoms with E-state index in [1.54, 1.807) is 0 Å². The summed E-state index contributed by atoms with van der Waals surface area (Å²) >= 11 is 0. The van der Waals surface area contributed by atoms with E-state index < -0.39 is 0 Å². The summed E-state index contributed by atoms with van der Waals surface area (Å²) in [5, 5.41) is 10.5. The number of fused-ring (bicyclic) bond motifs is 5. The van der Waals surface area contributed by atoms with Gasteiger partial charge in [-0.3, -0.25) is 0 Å². The van der Waals surface area contributed by atoms with Crippen LogP contribution >= 0.6 is 0 Å². The molecule has 1 heteroatoms. The van der Waals surface area contributed by atoms with E-state index in [1.807, 2.05) is 5.57 Å².